The molecule has 3 aromatic rings. The molecule has 0 aliphatic heterocycles. The van der Waals surface area contributed by atoms with Crippen LogP contribution in [0.3, 0.4) is 0 Å². The number of benzene rings is 2. The summed E-state index contributed by atoms with van der Waals surface area (Å²) >= 11 is 0. The van der Waals surface area contributed by atoms with E-state index < -0.39 is 5.97 Å². The Morgan fingerprint density at radius 2 is 1.71 bits per heavy atom. The van der Waals surface area contributed by atoms with E-state index in [-0.39, 0.29) is 12.5 Å². The Hall–Kier alpha value is -3.38. The number of nitrogens with zero attached hydrogens (tertiary/aromatic N) is 1. The molecule has 1 heterocycles. The van der Waals surface area contributed by atoms with Crippen LogP contribution in [0.4, 0.5) is 5.69 Å². The van der Waals surface area contributed by atoms with Gasteiger partial charge in [0.05, 0.1) is 37.7 Å². The molecule has 0 aliphatic carbocycles. The van der Waals surface area contributed by atoms with Crippen molar-refractivity contribution in [3.05, 3.63) is 89.9 Å². The highest BCUT2D eigenvalue weighted by atomic mass is 16.5. The molecule has 0 spiro atoms. The molecule has 144 valence electrons. The van der Waals surface area contributed by atoms with Gasteiger partial charge in [0.1, 0.15) is 5.76 Å². The minimum atomic E-state index is -0.493. The Kier molecular flexibility index (Phi) is 6.59. The number of para-hydroxylation sites is 1. The Balaban J connectivity index is 1.71. The smallest absolute Gasteiger partial charge is 0.339 e. The van der Waals surface area contributed by atoms with Crippen LogP contribution in [0.2, 0.25) is 0 Å². The molecule has 1 amide bonds. The van der Waals surface area contributed by atoms with E-state index in [2.05, 4.69) is 5.32 Å². The van der Waals surface area contributed by atoms with Crippen molar-refractivity contribution in [1.82, 2.24) is 4.90 Å². The quantitative estimate of drug-likeness (QED) is 0.605. The number of esters is 1. The second-order valence-electron chi connectivity index (χ2n) is 6.30. The summed E-state index contributed by atoms with van der Waals surface area (Å²) in [5.41, 5.74) is 1.84. The zero-order valence-corrected chi connectivity index (χ0v) is 15.6. The third-order valence-corrected chi connectivity index (χ3v) is 4.18. The van der Waals surface area contributed by atoms with Crippen LogP contribution in [-0.4, -0.2) is 30.4 Å². The number of nitrogens with one attached hydrogen (secondary N) is 1. The maximum atomic E-state index is 12.7. The minimum absolute atomic E-state index is 0.144. The summed E-state index contributed by atoms with van der Waals surface area (Å²) in [5, 5.41) is 2.81. The van der Waals surface area contributed by atoms with Crippen LogP contribution in [0.1, 0.15) is 21.7 Å². The summed E-state index contributed by atoms with van der Waals surface area (Å²) in [7, 11) is 1.31. The first kappa shape index (κ1) is 19.4. The molecule has 0 radical (unpaired) electrons. The largest absolute Gasteiger partial charge is 0.468 e. The zero-order valence-electron chi connectivity index (χ0n) is 15.6. The summed E-state index contributed by atoms with van der Waals surface area (Å²) in [5.74, 6) is 0.0603. The molecular weight excluding hydrogens is 356 g/mol. The number of amides is 1. The molecule has 0 saturated carbocycles. The van der Waals surface area contributed by atoms with E-state index in [1.807, 2.05) is 47.4 Å². The van der Waals surface area contributed by atoms with E-state index in [0.29, 0.717) is 24.3 Å². The van der Waals surface area contributed by atoms with Crippen molar-refractivity contribution in [3.63, 3.8) is 0 Å². The highest BCUT2D eigenvalue weighted by Gasteiger charge is 2.17. The first-order valence-corrected chi connectivity index (χ1v) is 8.91. The monoisotopic (exact) mass is 378 g/mol. The average molecular weight is 378 g/mol. The van der Waals surface area contributed by atoms with Gasteiger partial charge in [-0.15, -0.1) is 0 Å². The number of hydrogen-bond acceptors (Lipinski definition) is 5. The van der Waals surface area contributed by atoms with Crippen molar-refractivity contribution in [2.24, 2.45) is 0 Å². The molecule has 3 rings (SSSR count). The highest BCUT2D eigenvalue weighted by Crippen LogP contribution is 2.17. The Morgan fingerprint density at radius 1 is 0.964 bits per heavy atom. The van der Waals surface area contributed by atoms with Gasteiger partial charge in [0, 0.05) is 6.54 Å². The van der Waals surface area contributed by atoms with Gasteiger partial charge in [-0.3, -0.25) is 9.69 Å². The van der Waals surface area contributed by atoms with Crippen molar-refractivity contribution in [2.75, 3.05) is 19.0 Å². The van der Waals surface area contributed by atoms with Gasteiger partial charge in [-0.25, -0.2) is 4.79 Å². The van der Waals surface area contributed by atoms with Crippen LogP contribution >= 0.6 is 0 Å². The van der Waals surface area contributed by atoms with Gasteiger partial charge in [0.15, 0.2) is 0 Å². The maximum absolute atomic E-state index is 12.7. The van der Waals surface area contributed by atoms with Gasteiger partial charge in [-0.05, 0) is 29.8 Å². The predicted octanol–water partition coefficient (Wildman–Crippen LogP) is 3.71. The summed E-state index contributed by atoms with van der Waals surface area (Å²) in [4.78, 5) is 26.5. The number of carbonyl (C=O) groups excluding carboxylic acids is 2. The highest BCUT2D eigenvalue weighted by molar-refractivity contribution is 6.01. The number of anilines is 1. The molecule has 0 atom stereocenters. The van der Waals surface area contributed by atoms with Crippen molar-refractivity contribution in [3.8, 4) is 0 Å². The molecule has 2 aromatic carbocycles. The van der Waals surface area contributed by atoms with Gasteiger partial charge in [-0.2, -0.15) is 0 Å². The van der Waals surface area contributed by atoms with Crippen molar-refractivity contribution in [1.29, 1.82) is 0 Å². The molecule has 0 fully saturated rings. The van der Waals surface area contributed by atoms with E-state index in [1.165, 1.54) is 7.11 Å². The van der Waals surface area contributed by atoms with E-state index in [9.17, 15) is 9.59 Å². The molecule has 0 saturated heterocycles. The maximum Gasteiger partial charge on any atom is 0.339 e. The molecule has 6 heteroatoms. The number of ether oxygens (including phenoxy) is 1. The van der Waals surface area contributed by atoms with E-state index in [4.69, 9.17) is 9.15 Å². The lowest BCUT2D eigenvalue weighted by molar-refractivity contribution is -0.117. The average Bonchev–Trinajstić information content (AvgIpc) is 3.21. The lowest BCUT2D eigenvalue weighted by Crippen LogP contribution is -2.32. The molecule has 6 nitrogen and oxygen atoms in total. The van der Waals surface area contributed by atoms with Crippen LogP contribution in [-0.2, 0) is 22.6 Å². The predicted molar refractivity (Wildman–Crippen MR) is 106 cm³/mol. The lowest BCUT2D eigenvalue weighted by Gasteiger charge is -2.21. The van der Waals surface area contributed by atoms with Crippen LogP contribution in [0.25, 0.3) is 0 Å². The van der Waals surface area contributed by atoms with E-state index in [0.717, 1.165) is 11.3 Å². The summed E-state index contributed by atoms with van der Waals surface area (Å²) < 4.78 is 10.2. The first-order valence-electron chi connectivity index (χ1n) is 8.91. The Morgan fingerprint density at radius 3 is 2.43 bits per heavy atom. The van der Waals surface area contributed by atoms with Crippen molar-refractivity contribution in [2.45, 2.75) is 13.1 Å². The number of carbonyl (C=O) groups is 2. The summed E-state index contributed by atoms with van der Waals surface area (Å²) in [6.45, 7) is 1.23. The summed E-state index contributed by atoms with van der Waals surface area (Å²) in [6, 6.07) is 20.4. The Bertz CT molecular complexity index is 907. The third kappa shape index (κ3) is 5.31. The second kappa shape index (κ2) is 9.53. The van der Waals surface area contributed by atoms with Gasteiger partial charge in [0.25, 0.3) is 0 Å². The van der Waals surface area contributed by atoms with Gasteiger partial charge >= 0.3 is 5.97 Å². The van der Waals surface area contributed by atoms with Crippen LogP contribution in [0.5, 0.6) is 0 Å². The third-order valence-electron chi connectivity index (χ3n) is 4.18. The fourth-order valence-corrected chi connectivity index (χ4v) is 2.91. The number of hydrogen-bond donors (Lipinski definition) is 1. The molecule has 0 aliphatic rings. The van der Waals surface area contributed by atoms with E-state index >= 15 is 0 Å². The number of methoxy groups -OCH3 is 1. The SMILES string of the molecule is COC(=O)c1ccccc1NC(=O)CN(Cc1ccccc1)Cc1ccco1. The molecule has 1 N–H and O–H groups in total. The topological polar surface area (TPSA) is 71.8 Å². The number of furan rings is 1. The fourth-order valence-electron chi connectivity index (χ4n) is 2.91. The summed E-state index contributed by atoms with van der Waals surface area (Å²) in [6.07, 6.45) is 1.61. The second-order valence-corrected chi connectivity index (χ2v) is 6.30. The molecular formula is C22H22N2O4. The molecule has 28 heavy (non-hydrogen) atoms. The van der Waals surface area contributed by atoms with Crippen LogP contribution in [0, 0.1) is 0 Å². The molecule has 1 aromatic heterocycles. The zero-order chi connectivity index (χ0) is 19.8. The van der Waals surface area contributed by atoms with Crippen LogP contribution < -0.4 is 5.32 Å². The molecule has 0 unspecified atom stereocenters. The normalized spacial score (nSPS) is 10.6. The van der Waals surface area contributed by atoms with E-state index in [1.54, 1.807) is 30.5 Å². The number of rotatable bonds is 8. The van der Waals surface area contributed by atoms with Crippen molar-refractivity contribution >= 4 is 17.6 Å². The fraction of sp³-hybridized carbons (Fsp3) is 0.182. The van der Waals surface area contributed by atoms with Gasteiger partial charge in [0.2, 0.25) is 5.91 Å². The Labute approximate surface area is 163 Å². The minimum Gasteiger partial charge on any atom is -0.468 e. The molecule has 0 bridgehead atoms. The first-order chi connectivity index (χ1) is 13.7. The lowest BCUT2D eigenvalue weighted by atomic mass is 10.1. The van der Waals surface area contributed by atoms with Gasteiger partial charge < -0.3 is 14.5 Å². The van der Waals surface area contributed by atoms with Gasteiger partial charge in [-0.1, -0.05) is 42.5 Å². The van der Waals surface area contributed by atoms with Crippen LogP contribution in [0.15, 0.2) is 77.4 Å². The standard InChI is InChI=1S/C22H22N2O4/c1-27-22(26)19-11-5-6-12-20(19)23-21(25)16-24(15-18-10-7-13-28-18)14-17-8-3-2-4-9-17/h2-13H,14-16H2,1H3,(H,23,25). The van der Waals surface area contributed by atoms with Crippen molar-refractivity contribution < 1.29 is 18.7 Å².